The van der Waals surface area contributed by atoms with Crippen LogP contribution in [0.5, 0.6) is 0 Å². The lowest BCUT2D eigenvalue weighted by Gasteiger charge is -2.37. The molecule has 1 aliphatic carbocycles. The molecule has 1 aromatic rings. The largest absolute Gasteiger partial charge is 0.321 e. The van der Waals surface area contributed by atoms with Crippen molar-refractivity contribution in [3.8, 4) is 0 Å². The van der Waals surface area contributed by atoms with E-state index in [1.165, 1.54) is 0 Å². The first-order chi connectivity index (χ1) is 7.81. The molecule has 0 aromatic carbocycles. The van der Waals surface area contributed by atoms with E-state index in [1.807, 2.05) is 13.0 Å². The number of aryl methyl sites for hydroxylation is 1. The van der Waals surface area contributed by atoms with Crippen LogP contribution in [-0.4, -0.2) is 10.9 Å². The van der Waals surface area contributed by atoms with Crippen molar-refractivity contribution in [2.24, 2.45) is 5.73 Å². The Morgan fingerprint density at radius 2 is 1.82 bits per heavy atom. The van der Waals surface area contributed by atoms with Crippen molar-refractivity contribution < 1.29 is 8.78 Å². The first kappa shape index (κ1) is 12.7. The summed E-state index contributed by atoms with van der Waals surface area (Å²) >= 11 is 5.87. The highest BCUT2D eigenvalue weighted by molar-refractivity contribution is 6.29. The highest BCUT2D eigenvalue weighted by Gasteiger charge is 2.42. The molecular formula is C12H15ClF2N2. The van der Waals surface area contributed by atoms with Gasteiger partial charge in [-0.1, -0.05) is 11.6 Å². The molecule has 1 fully saturated rings. The van der Waals surface area contributed by atoms with Crippen LogP contribution >= 0.6 is 11.6 Å². The van der Waals surface area contributed by atoms with Gasteiger partial charge in [0, 0.05) is 24.1 Å². The average molecular weight is 261 g/mol. The predicted molar refractivity (Wildman–Crippen MR) is 63.3 cm³/mol. The smallest absolute Gasteiger partial charge is 0.248 e. The second-order valence-corrected chi connectivity index (χ2v) is 5.22. The summed E-state index contributed by atoms with van der Waals surface area (Å²) in [4.78, 5) is 4.05. The van der Waals surface area contributed by atoms with E-state index < -0.39 is 11.5 Å². The highest BCUT2D eigenvalue weighted by atomic mass is 35.5. The molecule has 0 unspecified atom stereocenters. The third kappa shape index (κ3) is 2.75. The zero-order valence-electron chi connectivity index (χ0n) is 9.64. The molecule has 2 nitrogen and oxygen atoms in total. The van der Waals surface area contributed by atoms with E-state index in [0.717, 1.165) is 11.3 Å². The Morgan fingerprint density at radius 1 is 1.24 bits per heavy atom. The van der Waals surface area contributed by atoms with Crippen LogP contribution in [-0.2, 0) is 5.54 Å². The number of hydrogen-bond acceptors (Lipinski definition) is 2. The van der Waals surface area contributed by atoms with Crippen LogP contribution in [0.2, 0.25) is 5.15 Å². The Kier molecular flexibility index (Phi) is 3.12. The number of nitrogens with zero attached hydrogens (tertiary/aromatic N) is 1. The summed E-state index contributed by atoms with van der Waals surface area (Å²) in [5, 5.41) is 0.363. The summed E-state index contributed by atoms with van der Waals surface area (Å²) in [6.07, 6.45) is 0.227. The lowest BCUT2D eigenvalue weighted by molar-refractivity contribution is -0.0514. The summed E-state index contributed by atoms with van der Waals surface area (Å²) < 4.78 is 26.3. The number of nitrogens with two attached hydrogens (primary N) is 1. The molecule has 0 aliphatic heterocycles. The minimum absolute atomic E-state index is 0.164. The van der Waals surface area contributed by atoms with E-state index >= 15 is 0 Å². The molecule has 1 heterocycles. The van der Waals surface area contributed by atoms with Gasteiger partial charge in [-0.15, -0.1) is 0 Å². The van der Waals surface area contributed by atoms with Gasteiger partial charge in [-0.3, -0.25) is 0 Å². The molecule has 1 saturated carbocycles. The Labute approximate surface area is 104 Å². The maximum absolute atomic E-state index is 13.1. The molecule has 1 aliphatic rings. The molecule has 2 N–H and O–H groups in total. The number of aromatic nitrogens is 1. The van der Waals surface area contributed by atoms with Gasteiger partial charge in [-0.25, -0.2) is 13.8 Å². The molecule has 0 radical (unpaired) electrons. The first-order valence-electron chi connectivity index (χ1n) is 5.62. The van der Waals surface area contributed by atoms with Gasteiger partial charge in [0.15, 0.2) is 0 Å². The Morgan fingerprint density at radius 3 is 2.35 bits per heavy atom. The molecule has 94 valence electrons. The molecule has 1 aromatic heterocycles. The Bertz CT molecular complexity index is 404. The summed E-state index contributed by atoms with van der Waals surface area (Å²) in [7, 11) is 0. The zero-order valence-corrected chi connectivity index (χ0v) is 10.4. The fraction of sp³-hybridized carbons (Fsp3) is 0.583. The summed E-state index contributed by atoms with van der Waals surface area (Å²) in [5.74, 6) is -2.57. The van der Waals surface area contributed by atoms with Crippen LogP contribution in [0.1, 0.15) is 36.9 Å². The van der Waals surface area contributed by atoms with E-state index in [0.29, 0.717) is 5.15 Å². The van der Waals surface area contributed by atoms with Crippen LogP contribution in [0.3, 0.4) is 0 Å². The predicted octanol–water partition coefficient (Wildman–Crippen LogP) is 3.41. The quantitative estimate of drug-likeness (QED) is 0.786. The van der Waals surface area contributed by atoms with E-state index in [4.69, 9.17) is 17.3 Å². The van der Waals surface area contributed by atoms with Crippen LogP contribution < -0.4 is 5.73 Å². The normalized spacial score (nSPS) is 22.4. The van der Waals surface area contributed by atoms with Crippen LogP contribution in [0.15, 0.2) is 12.1 Å². The van der Waals surface area contributed by atoms with Crippen LogP contribution in [0.25, 0.3) is 0 Å². The molecule has 17 heavy (non-hydrogen) atoms. The van der Waals surface area contributed by atoms with Gasteiger partial charge in [0.1, 0.15) is 5.15 Å². The Balaban J connectivity index is 2.27. The molecule has 5 heteroatoms. The number of alkyl halides is 2. The van der Waals surface area contributed by atoms with E-state index in [9.17, 15) is 8.78 Å². The minimum atomic E-state index is -2.57. The fourth-order valence-electron chi connectivity index (χ4n) is 2.27. The summed E-state index contributed by atoms with van der Waals surface area (Å²) in [6, 6.07) is 3.51. The number of pyridine rings is 1. The SMILES string of the molecule is Cc1cc(C2(N)CCC(F)(F)CC2)cc(Cl)n1. The summed E-state index contributed by atoms with van der Waals surface area (Å²) in [6.45, 7) is 1.82. The van der Waals surface area contributed by atoms with Crippen molar-refractivity contribution in [2.75, 3.05) is 0 Å². The molecule has 0 spiro atoms. The highest BCUT2D eigenvalue weighted by Crippen LogP contribution is 2.42. The van der Waals surface area contributed by atoms with Crippen molar-refractivity contribution in [1.29, 1.82) is 0 Å². The lowest BCUT2D eigenvalue weighted by atomic mass is 9.76. The van der Waals surface area contributed by atoms with Gasteiger partial charge in [0.2, 0.25) is 5.92 Å². The van der Waals surface area contributed by atoms with Gasteiger partial charge in [0.05, 0.1) is 0 Å². The van der Waals surface area contributed by atoms with E-state index in [2.05, 4.69) is 4.98 Å². The van der Waals surface area contributed by atoms with Crippen LogP contribution in [0.4, 0.5) is 8.78 Å². The molecule has 0 bridgehead atoms. The topological polar surface area (TPSA) is 38.9 Å². The standard InChI is InChI=1S/C12H15ClF2N2/c1-8-6-9(7-10(13)17-8)11(16)2-4-12(14,15)5-3-11/h6-7H,2-5,16H2,1H3. The third-order valence-electron chi connectivity index (χ3n) is 3.37. The minimum Gasteiger partial charge on any atom is -0.321 e. The number of rotatable bonds is 1. The van der Waals surface area contributed by atoms with Gasteiger partial charge >= 0.3 is 0 Å². The first-order valence-corrected chi connectivity index (χ1v) is 6.00. The van der Waals surface area contributed by atoms with Crippen LogP contribution in [0, 0.1) is 6.92 Å². The molecule has 2 rings (SSSR count). The molecular weight excluding hydrogens is 246 g/mol. The summed E-state index contributed by atoms with van der Waals surface area (Å²) in [5.41, 5.74) is 7.09. The third-order valence-corrected chi connectivity index (χ3v) is 3.56. The zero-order chi connectivity index (χ0) is 12.7. The van der Waals surface area contributed by atoms with E-state index in [1.54, 1.807) is 6.07 Å². The molecule has 0 saturated heterocycles. The van der Waals surface area contributed by atoms with Crippen molar-refractivity contribution in [1.82, 2.24) is 4.98 Å². The maximum Gasteiger partial charge on any atom is 0.248 e. The second kappa shape index (κ2) is 4.18. The monoisotopic (exact) mass is 260 g/mol. The Hall–Kier alpha value is -0.740. The number of hydrogen-bond donors (Lipinski definition) is 1. The van der Waals surface area contributed by atoms with Gasteiger partial charge < -0.3 is 5.73 Å². The lowest BCUT2D eigenvalue weighted by Crippen LogP contribution is -2.43. The van der Waals surface area contributed by atoms with Crippen molar-refractivity contribution in [2.45, 2.75) is 44.1 Å². The van der Waals surface area contributed by atoms with Crippen molar-refractivity contribution in [3.63, 3.8) is 0 Å². The van der Waals surface area contributed by atoms with Crippen molar-refractivity contribution in [3.05, 3.63) is 28.5 Å². The van der Waals surface area contributed by atoms with Gasteiger partial charge in [-0.2, -0.15) is 0 Å². The van der Waals surface area contributed by atoms with E-state index in [-0.39, 0.29) is 25.7 Å². The second-order valence-electron chi connectivity index (χ2n) is 4.83. The molecule has 0 atom stereocenters. The number of halogens is 3. The fourth-order valence-corrected chi connectivity index (χ4v) is 2.52. The maximum atomic E-state index is 13.1. The van der Waals surface area contributed by atoms with Gasteiger partial charge in [0.25, 0.3) is 0 Å². The van der Waals surface area contributed by atoms with Gasteiger partial charge in [-0.05, 0) is 37.5 Å². The molecule has 0 amide bonds. The average Bonchev–Trinajstić information content (AvgIpc) is 2.22. The van der Waals surface area contributed by atoms with Crippen molar-refractivity contribution >= 4 is 11.6 Å².